The molecule has 1 saturated carbocycles. The first-order valence-corrected chi connectivity index (χ1v) is 7.71. The van der Waals surface area contributed by atoms with Gasteiger partial charge in [-0.2, -0.15) is 0 Å². The Bertz CT molecular complexity index is 421. The zero-order valence-corrected chi connectivity index (χ0v) is 12.5. The number of hydrogen-bond acceptors (Lipinski definition) is 1. The van der Waals surface area contributed by atoms with Crippen LogP contribution in [-0.4, -0.2) is 6.54 Å². The Morgan fingerprint density at radius 1 is 1.37 bits per heavy atom. The summed E-state index contributed by atoms with van der Waals surface area (Å²) in [5.41, 5.74) is 0.922. The summed E-state index contributed by atoms with van der Waals surface area (Å²) >= 11 is 6.27. The number of benzene rings is 1. The van der Waals surface area contributed by atoms with Crippen LogP contribution in [0, 0.1) is 17.7 Å². The van der Waals surface area contributed by atoms with E-state index in [4.69, 9.17) is 11.6 Å². The van der Waals surface area contributed by atoms with Gasteiger partial charge in [-0.1, -0.05) is 38.3 Å². The quantitative estimate of drug-likeness (QED) is 0.806. The summed E-state index contributed by atoms with van der Waals surface area (Å²) in [4.78, 5) is 0. The van der Waals surface area contributed by atoms with Crippen LogP contribution in [0.3, 0.4) is 0 Å². The second-order valence-electron chi connectivity index (χ2n) is 5.55. The van der Waals surface area contributed by atoms with Gasteiger partial charge in [0.15, 0.2) is 0 Å². The van der Waals surface area contributed by atoms with Crippen molar-refractivity contribution in [3.8, 4) is 0 Å². The van der Waals surface area contributed by atoms with Gasteiger partial charge in [0.2, 0.25) is 0 Å². The van der Waals surface area contributed by atoms with Crippen LogP contribution in [0.1, 0.15) is 51.1 Å². The number of rotatable bonds is 5. The highest BCUT2D eigenvalue weighted by molar-refractivity contribution is 6.31. The fourth-order valence-corrected chi connectivity index (χ4v) is 3.53. The van der Waals surface area contributed by atoms with Gasteiger partial charge >= 0.3 is 0 Å². The molecule has 2 rings (SSSR count). The van der Waals surface area contributed by atoms with Crippen molar-refractivity contribution in [1.82, 2.24) is 5.32 Å². The lowest BCUT2D eigenvalue weighted by atomic mass is 9.90. The highest BCUT2D eigenvalue weighted by Crippen LogP contribution is 2.42. The molecule has 1 aliphatic rings. The van der Waals surface area contributed by atoms with Gasteiger partial charge in [0.1, 0.15) is 5.82 Å². The Labute approximate surface area is 120 Å². The van der Waals surface area contributed by atoms with E-state index in [9.17, 15) is 4.39 Å². The minimum atomic E-state index is -0.202. The fourth-order valence-electron chi connectivity index (χ4n) is 3.29. The molecule has 3 unspecified atom stereocenters. The maximum absolute atomic E-state index is 13.5. The monoisotopic (exact) mass is 283 g/mol. The Morgan fingerprint density at radius 2 is 2.16 bits per heavy atom. The third-order valence-corrected chi connectivity index (χ3v) is 4.69. The van der Waals surface area contributed by atoms with E-state index in [2.05, 4.69) is 19.2 Å². The molecule has 3 atom stereocenters. The van der Waals surface area contributed by atoms with E-state index in [1.165, 1.54) is 31.7 Å². The average Bonchev–Trinajstić information content (AvgIpc) is 2.88. The topological polar surface area (TPSA) is 12.0 Å². The molecule has 1 aliphatic carbocycles. The molecule has 0 heterocycles. The predicted octanol–water partition coefficient (Wildman–Crippen LogP) is 4.96. The van der Waals surface area contributed by atoms with Crippen molar-refractivity contribution in [2.75, 3.05) is 6.54 Å². The summed E-state index contributed by atoms with van der Waals surface area (Å²) < 4.78 is 13.5. The Balaban J connectivity index is 2.22. The highest BCUT2D eigenvalue weighted by atomic mass is 35.5. The fraction of sp³-hybridized carbons (Fsp3) is 0.625. The molecule has 0 radical (unpaired) electrons. The Hall–Kier alpha value is -0.600. The standard InChI is InChI=1S/C16H23ClFN/c1-3-11-5-6-12(9-11)16(19-4-2)14-10-13(18)7-8-15(14)17/h7-8,10-12,16,19H,3-6,9H2,1-2H3. The van der Waals surface area contributed by atoms with Crippen LogP contribution in [0.25, 0.3) is 0 Å². The summed E-state index contributed by atoms with van der Waals surface area (Å²) in [6, 6.07) is 4.88. The van der Waals surface area contributed by atoms with Crippen LogP contribution >= 0.6 is 11.6 Å². The van der Waals surface area contributed by atoms with E-state index in [-0.39, 0.29) is 11.9 Å². The Kier molecular flexibility index (Phi) is 5.23. The van der Waals surface area contributed by atoms with Gasteiger partial charge in [0.25, 0.3) is 0 Å². The second-order valence-corrected chi connectivity index (χ2v) is 5.96. The van der Waals surface area contributed by atoms with Crippen molar-refractivity contribution in [2.24, 2.45) is 11.8 Å². The summed E-state index contributed by atoms with van der Waals surface area (Å²) in [6.45, 7) is 5.22. The lowest BCUT2D eigenvalue weighted by Crippen LogP contribution is -2.27. The lowest BCUT2D eigenvalue weighted by molar-refractivity contribution is 0.358. The first-order chi connectivity index (χ1) is 9.15. The molecule has 1 fully saturated rings. The number of hydrogen-bond donors (Lipinski definition) is 1. The van der Waals surface area contributed by atoms with Crippen molar-refractivity contribution >= 4 is 11.6 Å². The normalized spacial score (nSPS) is 24.6. The van der Waals surface area contributed by atoms with Crippen molar-refractivity contribution in [3.63, 3.8) is 0 Å². The van der Waals surface area contributed by atoms with Crippen LogP contribution < -0.4 is 5.32 Å². The molecule has 0 aromatic heterocycles. The minimum Gasteiger partial charge on any atom is -0.310 e. The smallest absolute Gasteiger partial charge is 0.123 e. The van der Waals surface area contributed by atoms with Gasteiger partial charge in [-0.25, -0.2) is 4.39 Å². The van der Waals surface area contributed by atoms with Gasteiger partial charge in [-0.05, 0) is 55.0 Å². The maximum Gasteiger partial charge on any atom is 0.123 e. The van der Waals surface area contributed by atoms with E-state index in [0.717, 1.165) is 18.0 Å². The summed E-state index contributed by atoms with van der Waals surface area (Å²) in [5, 5.41) is 4.18. The second kappa shape index (κ2) is 6.71. The molecular formula is C16H23ClFN. The molecule has 1 aromatic rings. The molecule has 0 aliphatic heterocycles. The van der Waals surface area contributed by atoms with Crippen LogP contribution in [0.4, 0.5) is 4.39 Å². The first-order valence-electron chi connectivity index (χ1n) is 7.34. The molecule has 0 bridgehead atoms. The van der Waals surface area contributed by atoms with Crippen LogP contribution in [0.2, 0.25) is 5.02 Å². The number of halogens is 2. The van der Waals surface area contributed by atoms with E-state index in [1.807, 2.05) is 0 Å². The van der Waals surface area contributed by atoms with Gasteiger partial charge in [0, 0.05) is 11.1 Å². The average molecular weight is 284 g/mol. The van der Waals surface area contributed by atoms with Crippen molar-refractivity contribution in [3.05, 3.63) is 34.6 Å². The summed E-state index contributed by atoms with van der Waals surface area (Å²) in [6.07, 6.45) is 4.96. The highest BCUT2D eigenvalue weighted by Gasteiger charge is 2.31. The van der Waals surface area contributed by atoms with E-state index in [1.54, 1.807) is 12.1 Å². The summed E-state index contributed by atoms with van der Waals surface area (Å²) in [5.74, 6) is 1.19. The molecule has 0 saturated heterocycles. The van der Waals surface area contributed by atoms with Crippen LogP contribution in [0.15, 0.2) is 18.2 Å². The van der Waals surface area contributed by atoms with Gasteiger partial charge in [-0.3, -0.25) is 0 Å². The van der Waals surface area contributed by atoms with Gasteiger partial charge in [0.05, 0.1) is 0 Å². The molecule has 1 nitrogen and oxygen atoms in total. The third-order valence-electron chi connectivity index (χ3n) is 4.35. The Morgan fingerprint density at radius 3 is 2.79 bits per heavy atom. The van der Waals surface area contributed by atoms with Crippen molar-refractivity contribution in [1.29, 1.82) is 0 Å². The minimum absolute atomic E-state index is 0.185. The molecule has 1 aromatic carbocycles. The predicted molar refractivity (Wildman–Crippen MR) is 78.9 cm³/mol. The van der Waals surface area contributed by atoms with Crippen LogP contribution in [0.5, 0.6) is 0 Å². The van der Waals surface area contributed by atoms with E-state index in [0.29, 0.717) is 10.9 Å². The molecule has 1 N–H and O–H groups in total. The van der Waals surface area contributed by atoms with E-state index >= 15 is 0 Å². The lowest BCUT2D eigenvalue weighted by Gasteiger charge is -2.26. The SMILES string of the molecule is CCNC(c1cc(F)ccc1Cl)C1CCC(CC)C1. The molecule has 0 spiro atoms. The van der Waals surface area contributed by atoms with Gasteiger partial charge < -0.3 is 5.32 Å². The number of nitrogens with one attached hydrogen (secondary N) is 1. The zero-order chi connectivity index (χ0) is 13.8. The largest absolute Gasteiger partial charge is 0.310 e. The molecule has 19 heavy (non-hydrogen) atoms. The first kappa shape index (κ1) is 14.8. The van der Waals surface area contributed by atoms with E-state index < -0.39 is 0 Å². The van der Waals surface area contributed by atoms with Crippen LogP contribution in [-0.2, 0) is 0 Å². The third kappa shape index (κ3) is 3.49. The molecule has 106 valence electrons. The molecule has 0 amide bonds. The maximum atomic E-state index is 13.5. The van der Waals surface area contributed by atoms with Crippen molar-refractivity contribution in [2.45, 2.75) is 45.6 Å². The molecule has 3 heteroatoms. The van der Waals surface area contributed by atoms with Crippen molar-refractivity contribution < 1.29 is 4.39 Å². The molecular weight excluding hydrogens is 261 g/mol. The zero-order valence-electron chi connectivity index (χ0n) is 11.8. The van der Waals surface area contributed by atoms with Gasteiger partial charge in [-0.15, -0.1) is 0 Å². The summed E-state index contributed by atoms with van der Waals surface area (Å²) in [7, 11) is 0.